The van der Waals surface area contributed by atoms with Crippen molar-refractivity contribution in [3.05, 3.63) is 36.3 Å². The van der Waals surface area contributed by atoms with Gasteiger partial charge in [0.2, 0.25) is 5.91 Å². The van der Waals surface area contributed by atoms with Crippen LogP contribution in [-0.4, -0.2) is 49.6 Å². The predicted octanol–water partition coefficient (Wildman–Crippen LogP) is 0.191. The van der Waals surface area contributed by atoms with Gasteiger partial charge in [0.1, 0.15) is 0 Å². The van der Waals surface area contributed by atoms with Crippen LogP contribution in [-0.2, 0) is 4.79 Å². The molecule has 1 atom stereocenters. The molecule has 2 heterocycles. The minimum absolute atomic E-state index is 0.0456. The van der Waals surface area contributed by atoms with E-state index in [1.165, 1.54) is 4.80 Å². The van der Waals surface area contributed by atoms with Crippen molar-refractivity contribution in [2.24, 2.45) is 0 Å². The van der Waals surface area contributed by atoms with E-state index in [0.29, 0.717) is 17.8 Å². The number of tetrazole rings is 1. The second kappa shape index (κ2) is 7.34. The van der Waals surface area contributed by atoms with Crippen LogP contribution in [0.15, 0.2) is 30.5 Å². The minimum Gasteiger partial charge on any atom is -0.350 e. The van der Waals surface area contributed by atoms with Crippen molar-refractivity contribution in [1.29, 1.82) is 0 Å². The van der Waals surface area contributed by atoms with Gasteiger partial charge in [0.05, 0.1) is 0 Å². The molecule has 0 aliphatic rings. The molecule has 2 amide bonds. The van der Waals surface area contributed by atoms with Crippen LogP contribution < -0.4 is 10.6 Å². The van der Waals surface area contributed by atoms with E-state index in [1.54, 1.807) is 25.3 Å². The number of nitrogens with one attached hydrogen (secondary N) is 3. The Morgan fingerprint density at radius 2 is 2.26 bits per heavy atom. The van der Waals surface area contributed by atoms with Gasteiger partial charge in [0.15, 0.2) is 5.82 Å². The smallest absolute Gasteiger partial charge is 0.293 e. The average molecular weight is 317 g/mol. The average Bonchev–Trinajstić information content (AvgIpc) is 3.21. The largest absolute Gasteiger partial charge is 0.350 e. The van der Waals surface area contributed by atoms with Crippen molar-refractivity contribution in [2.75, 3.05) is 6.54 Å². The molecule has 2 aromatic rings. The van der Waals surface area contributed by atoms with Crippen molar-refractivity contribution >= 4 is 11.8 Å². The van der Waals surface area contributed by atoms with Gasteiger partial charge < -0.3 is 15.6 Å². The molecule has 23 heavy (non-hydrogen) atoms. The van der Waals surface area contributed by atoms with E-state index in [0.717, 1.165) is 0 Å². The van der Waals surface area contributed by atoms with Gasteiger partial charge in [-0.05, 0) is 30.7 Å². The van der Waals surface area contributed by atoms with Gasteiger partial charge in [0.25, 0.3) is 11.7 Å². The third kappa shape index (κ3) is 4.25. The number of rotatable bonds is 7. The number of carbonyl (C=O) groups excluding carboxylic acids is 2. The first-order chi connectivity index (χ1) is 11.0. The lowest BCUT2D eigenvalue weighted by Crippen LogP contribution is -2.42. The Kier molecular flexibility index (Phi) is 5.23. The molecule has 9 nitrogen and oxygen atoms in total. The third-order valence-electron chi connectivity index (χ3n) is 3.11. The Morgan fingerprint density at radius 1 is 1.48 bits per heavy atom. The normalized spacial score (nSPS) is 11.7. The van der Waals surface area contributed by atoms with Gasteiger partial charge in [-0.2, -0.15) is 0 Å². The molecule has 0 bridgehead atoms. The molecule has 2 aromatic heterocycles. The highest BCUT2D eigenvalue weighted by Gasteiger charge is 2.16. The van der Waals surface area contributed by atoms with Gasteiger partial charge >= 0.3 is 0 Å². The summed E-state index contributed by atoms with van der Waals surface area (Å²) in [5.74, 6) is -0.117. The van der Waals surface area contributed by atoms with E-state index in [9.17, 15) is 9.59 Å². The Morgan fingerprint density at radius 3 is 2.91 bits per heavy atom. The van der Waals surface area contributed by atoms with Gasteiger partial charge in [-0.25, -0.2) is 0 Å². The summed E-state index contributed by atoms with van der Waals surface area (Å²) >= 11 is 0. The summed E-state index contributed by atoms with van der Waals surface area (Å²) in [4.78, 5) is 27.8. The van der Waals surface area contributed by atoms with Gasteiger partial charge in [-0.3, -0.25) is 9.59 Å². The zero-order chi connectivity index (χ0) is 16.8. The van der Waals surface area contributed by atoms with Crippen LogP contribution in [0.2, 0.25) is 0 Å². The van der Waals surface area contributed by atoms with Crippen LogP contribution in [0.3, 0.4) is 0 Å². The standard InChI is InChI=1S/C14H19N7O2/c1-4-9(2)13(22)16-8-10(3)17-14(23)12-18-20-21(19-12)11-6-5-7-15-11/h5-7,10,15H,2,4,8H2,1,3H3,(H,16,22)(H,17,23). The first kappa shape index (κ1) is 16.4. The molecule has 0 saturated carbocycles. The fourth-order valence-corrected chi connectivity index (χ4v) is 1.72. The maximum atomic E-state index is 12.0. The molecule has 0 aliphatic heterocycles. The molecule has 9 heteroatoms. The molecule has 0 saturated heterocycles. The number of amides is 2. The summed E-state index contributed by atoms with van der Waals surface area (Å²) in [5, 5.41) is 16.9. The van der Waals surface area contributed by atoms with Crippen molar-refractivity contribution in [3.8, 4) is 5.82 Å². The van der Waals surface area contributed by atoms with E-state index >= 15 is 0 Å². The number of aromatic amines is 1. The molecular formula is C14H19N7O2. The van der Waals surface area contributed by atoms with E-state index < -0.39 is 5.91 Å². The number of aromatic nitrogens is 5. The molecule has 0 aromatic carbocycles. The summed E-state index contributed by atoms with van der Waals surface area (Å²) in [5.41, 5.74) is 0.499. The van der Waals surface area contributed by atoms with Crippen molar-refractivity contribution in [3.63, 3.8) is 0 Å². The van der Waals surface area contributed by atoms with E-state index in [-0.39, 0.29) is 24.3 Å². The zero-order valence-corrected chi connectivity index (χ0v) is 13.0. The summed E-state index contributed by atoms with van der Waals surface area (Å²) in [7, 11) is 0. The molecule has 122 valence electrons. The predicted molar refractivity (Wildman–Crippen MR) is 82.9 cm³/mol. The summed E-state index contributed by atoms with van der Waals surface area (Å²) < 4.78 is 0. The molecule has 2 rings (SSSR count). The quantitative estimate of drug-likeness (QED) is 0.630. The zero-order valence-electron chi connectivity index (χ0n) is 13.0. The van der Waals surface area contributed by atoms with Crippen molar-refractivity contribution in [1.82, 2.24) is 35.8 Å². The van der Waals surface area contributed by atoms with Gasteiger partial charge in [-0.1, -0.05) is 13.5 Å². The number of hydrogen-bond acceptors (Lipinski definition) is 5. The SMILES string of the molecule is C=C(CC)C(=O)NCC(C)NC(=O)c1nnn(-c2ccc[nH]2)n1. The van der Waals surface area contributed by atoms with Crippen LogP contribution in [0.25, 0.3) is 5.82 Å². The molecule has 0 fully saturated rings. The van der Waals surface area contributed by atoms with Crippen molar-refractivity contribution < 1.29 is 9.59 Å². The molecule has 0 spiro atoms. The number of H-pyrrole nitrogens is 1. The number of nitrogens with zero attached hydrogens (tertiary/aromatic N) is 4. The highest BCUT2D eigenvalue weighted by atomic mass is 16.2. The molecule has 3 N–H and O–H groups in total. The lowest BCUT2D eigenvalue weighted by molar-refractivity contribution is -0.117. The summed E-state index contributed by atoms with van der Waals surface area (Å²) in [6, 6.07) is 3.25. The summed E-state index contributed by atoms with van der Waals surface area (Å²) in [6.45, 7) is 7.56. The first-order valence-corrected chi connectivity index (χ1v) is 7.22. The van der Waals surface area contributed by atoms with E-state index in [2.05, 4.69) is 37.6 Å². The maximum absolute atomic E-state index is 12.0. The lowest BCUT2D eigenvalue weighted by Gasteiger charge is -2.13. The maximum Gasteiger partial charge on any atom is 0.293 e. The highest BCUT2D eigenvalue weighted by Crippen LogP contribution is 2.00. The van der Waals surface area contributed by atoms with Crippen LogP contribution in [0.1, 0.15) is 30.9 Å². The van der Waals surface area contributed by atoms with Gasteiger partial charge in [-0.15, -0.1) is 15.0 Å². The highest BCUT2D eigenvalue weighted by molar-refractivity contribution is 5.93. The monoisotopic (exact) mass is 317 g/mol. The number of carbonyl (C=O) groups is 2. The Bertz CT molecular complexity index is 690. The van der Waals surface area contributed by atoms with E-state index in [4.69, 9.17) is 0 Å². The Hall–Kier alpha value is -2.97. The second-order valence-electron chi connectivity index (χ2n) is 5.00. The van der Waals surface area contributed by atoms with Crippen LogP contribution in [0.5, 0.6) is 0 Å². The van der Waals surface area contributed by atoms with Crippen LogP contribution >= 0.6 is 0 Å². The fraction of sp³-hybridized carbons (Fsp3) is 0.357. The van der Waals surface area contributed by atoms with Crippen LogP contribution in [0, 0.1) is 0 Å². The topological polar surface area (TPSA) is 118 Å². The van der Waals surface area contributed by atoms with Crippen LogP contribution in [0.4, 0.5) is 0 Å². The Balaban J connectivity index is 1.87. The second-order valence-corrected chi connectivity index (χ2v) is 5.00. The minimum atomic E-state index is -0.459. The van der Waals surface area contributed by atoms with Gasteiger partial charge in [0, 0.05) is 24.4 Å². The Labute approximate surface area is 133 Å². The lowest BCUT2D eigenvalue weighted by atomic mass is 10.2. The summed E-state index contributed by atoms with van der Waals surface area (Å²) in [6.07, 6.45) is 2.30. The first-order valence-electron chi connectivity index (χ1n) is 7.22. The molecule has 1 unspecified atom stereocenters. The molecule has 0 radical (unpaired) electrons. The van der Waals surface area contributed by atoms with E-state index in [1.807, 2.05) is 6.92 Å². The molecule has 0 aliphatic carbocycles. The number of hydrogen-bond donors (Lipinski definition) is 3. The third-order valence-corrected chi connectivity index (χ3v) is 3.11. The fourth-order valence-electron chi connectivity index (χ4n) is 1.72. The molecular weight excluding hydrogens is 298 g/mol. The van der Waals surface area contributed by atoms with Crippen molar-refractivity contribution in [2.45, 2.75) is 26.3 Å².